The molecule has 0 aliphatic carbocycles. The molecule has 0 nitrogen and oxygen atoms in total. The molecule has 0 saturated heterocycles. The van der Waals surface area contributed by atoms with E-state index in [2.05, 4.69) is 156 Å². The molecule has 0 fully saturated rings. The fourth-order valence-corrected chi connectivity index (χ4v) is 4.81. The normalized spacial score (nSPS) is 9.41. The third-order valence-corrected chi connectivity index (χ3v) is 5.46. The van der Waals surface area contributed by atoms with E-state index in [4.69, 9.17) is 0 Å². The van der Waals surface area contributed by atoms with Crippen LogP contribution in [0.1, 0.15) is 66.8 Å². The minimum absolute atomic E-state index is 0. The summed E-state index contributed by atoms with van der Waals surface area (Å²) in [5.74, 6) is 0. The number of rotatable bonds is 0. The molecular weight excluding hydrogens is 498 g/mol. The first-order valence-electron chi connectivity index (χ1n) is 12.9. The molecule has 0 bridgehead atoms. The molecule has 4 aromatic carbocycles. The molecule has 0 aromatic heterocycles. The van der Waals surface area contributed by atoms with Crippen molar-refractivity contribution in [3.63, 3.8) is 0 Å². The Kier molecular flexibility index (Phi) is 15.9. The Hall–Kier alpha value is -2.50. The van der Waals surface area contributed by atoms with Crippen molar-refractivity contribution in [1.82, 2.24) is 0 Å². The van der Waals surface area contributed by atoms with E-state index in [1.165, 1.54) is 66.8 Å². The van der Waals surface area contributed by atoms with Crippen LogP contribution in [0.25, 0.3) is 0 Å². The molecule has 4 aromatic rings. The van der Waals surface area contributed by atoms with Gasteiger partial charge < -0.3 is 0 Å². The smallest absolute Gasteiger partial charge is 0 e. The van der Waals surface area contributed by atoms with E-state index in [0.29, 0.717) is 0 Å². The number of hydrogen-bond donors (Lipinski definition) is 0. The molecule has 0 atom stereocenters. The van der Waals surface area contributed by atoms with Gasteiger partial charge in [0.05, 0.1) is 0 Å². The number of hydrogen-bond acceptors (Lipinski definition) is 0. The van der Waals surface area contributed by atoms with Crippen LogP contribution in [-0.2, 0) is 19.5 Å². The molecule has 0 amide bonds. The van der Waals surface area contributed by atoms with E-state index in [0.717, 1.165) is 0 Å². The largest absolute Gasteiger partial charge is 0.0564 e. The maximum atomic E-state index is 2.19. The van der Waals surface area contributed by atoms with Gasteiger partial charge in [0.25, 0.3) is 0 Å². The molecule has 37 heavy (non-hydrogen) atoms. The van der Waals surface area contributed by atoms with E-state index in [-0.39, 0.29) is 19.5 Å². The Balaban J connectivity index is 0.000000463. The summed E-state index contributed by atoms with van der Waals surface area (Å²) in [5, 5.41) is 0. The fraction of sp³-hybridized carbons (Fsp3) is 0.333. The van der Waals surface area contributed by atoms with Gasteiger partial charge >= 0.3 is 0 Å². The van der Waals surface area contributed by atoms with Crippen LogP contribution in [0.5, 0.6) is 0 Å². The average molecular weight is 546 g/mol. The van der Waals surface area contributed by atoms with Gasteiger partial charge in [-0.15, -0.1) is 0 Å². The Morgan fingerprint density at radius 2 is 0.243 bits per heavy atom. The molecular formula is C36H48Zn. The van der Waals surface area contributed by atoms with Gasteiger partial charge in [-0.2, -0.15) is 0 Å². The van der Waals surface area contributed by atoms with Gasteiger partial charge in [0.15, 0.2) is 0 Å². The number of benzene rings is 4. The van der Waals surface area contributed by atoms with Gasteiger partial charge in [-0.25, -0.2) is 0 Å². The second-order valence-corrected chi connectivity index (χ2v) is 10.7. The summed E-state index contributed by atoms with van der Waals surface area (Å²) in [6.45, 7) is 25.5. The van der Waals surface area contributed by atoms with Crippen LogP contribution in [-0.4, -0.2) is 0 Å². The summed E-state index contributed by atoms with van der Waals surface area (Å²) >= 11 is 0. The van der Waals surface area contributed by atoms with Gasteiger partial charge in [-0.05, 0) is 83.1 Å². The molecule has 0 aliphatic rings. The zero-order valence-electron chi connectivity index (χ0n) is 25.6. The first-order valence-corrected chi connectivity index (χ1v) is 12.9. The number of aryl methyl sites for hydroxylation is 12. The molecule has 0 saturated carbocycles. The third kappa shape index (κ3) is 16.1. The van der Waals surface area contributed by atoms with Gasteiger partial charge in [0, 0.05) is 19.5 Å². The van der Waals surface area contributed by atoms with Crippen LogP contribution in [0.15, 0.2) is 72.8 Å². The molecule has 0 spiro atoms. The molecule has 1 heteroatoms. The van der Waals surface area contributed by atoms with Crippen molar-refractivity contribution in [2.24, 2.45) is 0 Å². The zero-order chi connectivity index (χ0) is 27.4. The molecule has 194 valence electrons. The minimum atomic E-state index is 0. The maximum absolute atomic E-state index is 2.19. The first-order chi connectivity index (χ1) is 16.7. The monoisotopic (exact) mass is 544 g/mol. The molecule has 0 N–H and O–H groups in total. The van der Waals surface area contributed by atoms with Crippen LogP contribution in [0, 0.1) is 83.1 Å². The third-order valence-electron chi connectivity index (χ3n) is 5.46. The van der Waals surface area contributed by atoms with Crippen LogP contribution in [0.2, 0.25) is 0 Å². The average Bonchev–Trinajstić information content (AvgIpc) is 2.64. The van der Waals surface area contributed by atoms with Crippen molar-refractivity contribution in [1.29, 1.82) is 0 Å². The maximum Gasteiger partial charge on any atom is 0 e. The van der Waals surface area contributed by atoms with Crippen LogP contribution < -0.4 is 0 Å². The minimum Gasteiger partial charge on any atom is -0.0564 e. The van der Waals surface area contributed by atoms with Crippen molar-refractivity contribution < 1.29 is 19.5 Å². The van der Waals surface area contributed by atoms with E-state index < -0.39 is 0 Å². The summed E-state index contributed by atoms with van der Waals surface area (Å²) in [6, 6.07) is 26.2. The molecule has 0 unspecified atom stereocenters. The van der Waals surface area contributed by atoms with Crippen LogP contribution >= 0.6 is 0 Å². The van der Waals surface area contributed by atoms with Gasteiger partial charge in [0.1, 0.15) is 0 Å². The van der Waals surface area contributed by atoms with Crippen molar-refractivity contribution in [2.75, 3.05) is 0 Å². The Morgan fingerprint density at radius 3 is 0.297 bits per heavy atom. The van der Waals surface area contributed by atoms with Gasteiger partial charge in [0.2, 0.25) is 0 Å². The molecule has 0 radical (unpaired) electrons. The second kappa shape index (κ2) is 17.1. The summed E-state index contributed by atoms with van der Waals surface area (Å²) in [7, 11) is 0. The van der Waals surface area contributed by atoms with E-state index in [1.54, 1.807) is 0 Å². The Morgan fingerprint density at radius 1 is 0.189 bits per heavy atom. The fourth-order valence-electron chi connectivity index (χ4n) is 4.81. The molecule has 4 rings (SSSR count). The standard InChI is InChI=1S/4C9H12.Zn/c4*1-7-4-8(2)6-9(3)5-7;/h4*4-6H,1-3H3;. The van der Waals surface area contributed by atoms with Crippen LogP contribution in [0.4, 0.5) is 0 Å². The van der Waals surface area contributed by atoms with Crippen molar-refractivity contribution in [3.8, 4) is 0 Å². The first kappa shape index (κ1) is 34.5. The summed E-state index contributed by atoms with van der Waals surface area (Å²) in [4.78, 5) is 0. The summed E-state index contributed by atoms with van der Waals surface area (Å²) < 4.78 is 0. The van der Waals surface area contributed by atoms with Crippen molar-refractivity contribution in [2.45, 2.75) is 83.1 Å². The second-order valence-electron chi connectivity index (χ2n) is 10.7. The topological polar surface area (TPSA) is 0 Å². The summed E-state index contributed by atoms with van der Waals surface area (Å²) in [5.41, 5.74) is 16.3. The van der Waals surface area contributed by atoms with Gasteiger partial charge in [-0.3, -0.25) is 0 Å². The Labute approximate surface area is 241 Å². The van der Waals surface area contributed by atoms with Crippen molar-refractivity contribution in [3.05, 3.63) is 140 Å². The van der Waals surface area contributed by atoms with Crippen LogP contribution in [0.3, 0.4) is 0 Å². The van der Waals surface area contributed by atoms with E-state index in [1.807, 2.05) is 0 Å². The predicted molar refractivity (Wildman–Crippen MR) is 163 cm³/mol. The Bertz CT molecular complexity index is 848. The summed E-state index contributed by atoms with van der Waals surface area (Å²) in [6.07, 6.45) is 0. The quantitative estimate of drug-likeness (QED) is 0.193. The zero-order valence-corrected chi connectivity index (χ0v) is 28.6. The van der Waals surface area contributed by atoms with E-state index in [9.17, 15) is 0 Å². The molecule has 0 aliphatic heterocycles. The van der Waals surface area contributed by atoms with Crippen molar-refractivity contribution >= 4 is 0 Å². The van der Waals surface area contributed by atoms with E-state index >= 15 is 0 Å². The SMILES string of the molecule is Cc1cc(C)cc(C)c1.Cc1cc(C)cc(C)c1.Cc1cc(C)cc(C)c1.Cc1cc(C)cc(C)c1.[Zn]. The predicted octanol–water partition coefficient (Wildman–Crippen LogP) is 10.4. The van der Waals surface area contributed by atoms with Gasteiger partial charge in [-0.1, -0.05) is 140 Å². The molecule has 0 heterocycles.